The third-order valence-electron chi connectivity index (χ3n) is 3.75. The maximum atomic E-state index is 12.3. The van der Waals surface area contributed by atoms with Gasteiger partial charge in [0.15, 0.2) is 0 Å². The molecule has 0 saturated carbocycles. The Balaban J connectivity index is 2.41. The minimum Gasteiger partial charge on any atom is -0.337 e. The normalized spacial score (nSPS) is 20.3. The number of hydrogen-bond donors (Lipinski definition) is 1. The van der Waals surface area contributed by atoms with Crippen LogP contribution in [0.15, 0.2) is 0 Å². The highest BCUT2D eigenvalue weighted by Crippen LogP contribution is 2.09. The van der Waals surface area contributed by atoms with Gasteiger partial charge in [-0.15, -0.1) is 0 Å². The number of nitrogens with one attached hydrogen (secondary N) is 1. The number of rotatable bonds is 6. The fourth-order valence-electron chi connectivity index (χ4n) is 3.01. The molecule has 19 heavy (non-hydrogen) atoms. The molecule has 0 spiro atoms. The average molecular weight is 269 g/mol. The Kier molecular flexibility index (Phi) is 6.80. The van der Waals surface area contributed by atoms with Gasteiger partial charge in [-0.2, -0.15) is 0 Å². The Bertz CT molecular complexity index is 265. The molecule has 0 bridgehead atoms. The second-order valence-corrected chi connectivity index (χ2v) is 6.33. The van der Waals surface area contributed by atoms with Crippen molar-refractivity contribution in [3.05, 3.63) is 0 Å². The molecule has 1 aliphatic heterocycles. The Labute approximate surface area is 118 Å². The van der Waals surface area contributed by atoms with Crippen molar-refractivity contribution in [2.75, 3.05) is 26.7 Å². The Hall–Kier alpha value is -0.610. The van der Waals surface area contributed by atoms with Crippen LogP contribution in [0.2, 0.25) is 0 Å². The van der Waals surface area contributed by atoms with Crippen LogP contribution in [0.5, 0.6) is 0 Å². The zero-order valence-corrected chi connectivity index (χ0v) is 13.3. The van der Waals surface area contributed by atoms with E-state index >= 15 is 0 Å². The summed E-state index contributed by atoms with van der Waals surface area (Å²) in [4.78, 5) is 16.5. The van der Waals surface area contributed by atoms with Crippen molar-refractivity contribution in [3.8, 4) is 0 Å². The summed E-state index contributed by atoms with van der Waals surface area (Å²) >= 11 is 0. The van der Waals surface area contributed by atoms with Crippen LogP contribution < -0.4 is 5.32 Å². The molecular formula is C15H31N3O. The van der Waals surface area contributed by atoms with Crippen LogP contribution in [0.3, 0.4) is 0 Å². The Morgan fingerprint density at radius 3 is 2.32 bits per heavy atom. The summed E-state index contributed by atoms with van der Waals surface area (Å²) in [6.07, 6.45) is 3.83. The van der Waals surface area contributed by atoms with Gasteiger partial charge in [0.05, 0.1) is 6.54 Å². The largest absolute Gasteiger partial charge is 0.337 e. The van der Waals surface area contributed by atoms with E-state index in [0.29, 0.717) is 12.6 Å². The van der Waals surface area contributed by atoms with Gasteiger partial charge in [0, 0.05) is 24.7 Å². The average Bonchev–Trinajstić information content (AvgIpc) is 2.28. The van der Waals surface area contributed by atoms with Crippen LogP contribution in [-0.2, 0) is 4.79 Å². The number of piperidine rings is 1. The lowest BCUT2D eigenvalue weighted by molar-refractivity contribution is -0.135. The molecule has 0 aromatic heterocycles. The lowest BCUT2D eigenvalue weighted by Gasteiger charge is -2.33. The maximum Gasteiger partial charge on any atom is 0.237 e. The van der Waals surface area contributed by atoms with Gasteiger partial charge in [0.2, 0.25) is 5.91 Å². The van der Waals surface area contributed by atoms with E-state index in [1.165, 1.54) is 19.3 Å². The van der Waals surface area contributed by atoms with Crippen molar-refractivity contribution in [1.29, 1.82) is 0 Å². The lowest BCUT2D eigenvalue weighted by Crippen LogP contribution is -2.49. The monoisotopic (exact) mass is 269 g/mol. The van der Waals surface area contributed by atoms with Crippen molar-refractivity contribution >= 4 is 5.91 Å². The molecule has 0 radical (unpaired) electrons. The zero-order valence-electron chi connectivity index (χ0n) is 13.3. The summed E-state index contributed by atoms with van der Waals surface area (Å²) in [7, 11) is 2.05. The smallest absolute Gasteiger partial charge is 0.237 e. The third kappa shape index (κ3) is 5.49. The highest BCUT2D eigenvalue weighted by atomic mass is 16.2. The molecule has 1 heterocycles. The SMILES string of the molecule is CC(C)N(C(=O)CN(C)CC1CCCCN1)C(C)C. The van der Waals surface area contributed by atoms with Crippen LogP contribution in [0.1, 0.15) is 47.0 Å². The van der Waals surface area contributed by atoms with E-state index in [-0.39, 0.29) is 18.0 Å². The van der Waals surface area contributed by atoms with Crippen LogP contribution in [0, 0.1) is 0 Å². The van der Waals surface area contributed by atoms with E-state index < -0.39 is 0 Å². The number of nitrogens with zero attached hydrogens (tertiary/aromatic N) is 2. The van der Waals surface area contributed by atoms with E-state index in [1.54, 1.807) is 0 Å². The van der Waals surface area contributed by atoms with E-state index in [0.717, 1.165) is 13.1 Å². The number of carbonyl (C=O) groups excluding carboxylic acids is 1. The summed E-state index contributed by atoms with van der Waals surface area (Å²) in [6, 6.07) is 1.10. The molecular weight excluding hydrogens is 238 g/mol. The molecule has 0 aromatic carbocycles. The van der Waals surface area contributed by atoms with E-state index in [1.807, 2.05) is 11.9 Å². The molecule has 112 valence electrons. The molecule has 0 aliphatic carbocycles. The van der Waals surface area contributed by atoms with Gasteiger partial charge < -0.3 is 10.2 Å². The summed E-state index contributed by atoms with van der Waals surface area (Å²) in [5.74, 6) is 0.239. The third-order valence-corrected chi connectivity index (χ3v) is 3.75. The predicted octanol–water partition coefficient (Wildman–Crippen LogP) is 1.71. The number of carbonyl (C=O) groups is 1. The molecule has 1 rings (SSSR count). The number of amides is 1. The van der Waals surface area contributed by atoms with Crippen LogP contribution >= 0.6 is 0 Å². The number of likely N-dealkylation sites (N-methyl/N-ethyl adjacent to an activating group) is 1. The quantitative estimate of drug-likeness (QED) is 0.797. The molecule has 1 saturated heterocycles. The molecule has 1 aliphatic rings. The molecule has 1 N–H and O–H groups in total. The number of hydrogen-bond acceptors (Lipinski definition) is 3. The van der Waals surface area contributed by atoms with Crippen molar-refractivity contribution in [3.63, 3.8) is 0 Å². The minimum absolute atomic E-state index is 0.239. The van der Waals surface area contributed by atoms with Crippen molar-refractivity contribution in [1.82, 2.24) is 15.1 Å². The molecule has 4 heteroatoms. The van der Waals surface area contributed by atoms with E-state index in [9.17, 15) is 4.79 Å². The second-order valence-electron chi connectivity index (χ2n) is 6.33. The first-order valence-corrected chi connectivity index (χ1v) is 7.65. The van der Waals surface area contributed by atoms with Crippen molar-refractivity contribution in [2.45, 2.75) is 65.1 Å². The van der Waals surface area contributed by atoms with Crippen molar-refractivity contribution < 1.29 is 4.79 Å². The van der Waals surface area contributed by atoms with E-state index in [4.69, 9.17) is 0 Å². The van der Waals surface area contributed by atoms with Gasteiger partial charge in [0.1, 0.15) is 0 Å². The van der Waals surface area contributed by atoms with Crippen LogP contribution in [0.4, 0.5) is 0 Å². The standard InChI is InChI=1S/C15H31N3O/c1-12(2)18(13(3)4)15(19)11-17(5)10-14-8-6-7-9-16-14/h12-14,16H,6-11H2,1-5H3. The highest BCUT2D eigenvalue weighted by Gasteiger charge is 2.22. The van der Waals surface area contributed by atoms with Gasteiger partial charge in [-0.1, -0.05) is 6.42 Å². The first kappa shape index (κ1) is 16.4. The molecule has 4 nitrogen and oxygen atoms in total. The van der Waals surface area contributed by atoms with Gasteiger partial charge in [-0.05, 0) is 54.1 Å². The van der Waals surface area contributed by atoms with Crippen LogP contribution in [0.25, 0.3) is 0 Å². The van der Waals surface area contributed by atoms with E-state index in [2.05, 4.69) is 37.9 Å². The summed E-state index contributed by atoms with van der Waals surface area (Å²) in [6.45, 7) is 10.9. The topological polar surface area (TPSA) is 35.6 Å². The Morgan fingerprint density at radius 1 is 1.21 bits per heavy atom. The molecule has 0 aromatic rings. The van der Waals surface area contributed by atoms with Crippen LogP contribution in [-0.4, -0.2) is 60.5 Å². The summed E-state index contributed by atoms with van der Waals surface area (Å²) in [5.41, 5.74) is 0. The first-order valence-electron chi connectivity index (χ1n) is 7.65. The Morgan fingerprint density at radius 2 is 1.84 bits per heavy atom. The predicted molar refractivity (Wildman–Crippen MR) is 80.3 cm³/mol. The van der Waals surface area contributed by atoms with Gasteiger partial charge >= 0.3 is 0 Å². The zero-order chi connectivity index (χ0) is 14.4. The molecule has 1 unspecified atom stereocenters. The van der Waals surface area contributed by atoms with Gasteiger partial charge in [-0.25, -0.2) is 0 Å². The molecule has 1 fully saturated rings. The van der Waals surface area contributed by atoms with Gasteiger partial charge in [0.25, 0.3) is 0 Å². The molecule has 1 amide bonds. The van der Waals surface area contributed by atoms with Crippen molar-refractivity contribution in [2.24, 2.45) is 0 Å². The fraction of sp³-hybridized carbons (Fsp3) is 0.933. The fourth-order valence-corrected chi connectivity index (χ4v) is 3.01. The second kappa shape index (κ2) is 7.85. The first-order chi connectivity index (χ1) is 8.91. The molecule has 1 atom stereocenters. The maximum absolute atomic E-state index is 12.3. The highest BCUT2D eigenvalue weighted by molar-refractivity contribution is 5.78. The summed E-state index contributed by atoms with van der Waals surface area (Å²) in [5, 5.41) is 3.53. The van der Waals surface area contributed by atoms with Gasteiger partial charge in [-0.3, -0.25) is 9.69 Å². The lowest BCUT2D eigenvalue weighted by atomic mass is 10.0. The minimum atomic E-state index is 0.239. The summed E-state index contributed by atoms with van der Waals surface area (Å²) < 4.78 is 0.